The van der Waals surface area contributed by atoms with E-state index in [-0.39, 0.29) is 5.82 Å². The quantitative estimate of drug-likeness (QED) is 0.904. The first kappa shape index (κ1) is 11.5. The summed E-state index contributed by atoms with van der Waals surface area (Å²) in [5.41, 5.74) is 6.25. The number of halogens is 2. The average Bonchev–Trinajstić information content (AvgIpc) is 2.14. The standard InChI is InChI=1S/C10H13BrFNO/c1-14-10-7(3-2-4-13)5-8(11)6-9(10)12/h5-6H,2-4,13H2,1H3. The van der Waals surface area contributed by atoms with E-state index in [1.807, 2.05) is 6.07 Å². The third kappa shape index (κ3) is 2.69. The Labute approximate surface area is 91.4 Å². The van der Waals surface area contributed by atoms with Crippen molar-refractivity contribution in [2.75, 3.05) is 13.7 Å². The summed E-state index contributed by atoms with van der Waals surface area (Å²) < 4.78 is 19.1. The van der Waals surface area contributed by atoms with E-state index < -0.39 is 0 Å². The molecule has 0 atom stereocenters. The Hall–Kier alpha value is -0.610. The predicted octanol–water partition coefficient (Wildman–Crippen LogP) is 2.49. The zero-order valence-electron chi connectivity index (χ0n) is 8.02. The number of rotatable bonds is 4. The summed E-state index contributed by atoms with van der Waals surface area (Å²) in [6.07, 6.45) is 1.56. The summed E-state index contributed by atoms with van der Waals surface area (Å²) in [5, 5.41) is 0. The van der Waals surface area contributed by atoms with Crippen LogP contribution in [-0.2, 0) is 6.42 Å². The first-order valence-electron chi connectivity index (χ1n) is 4.41. The molecule has 0 bridgehead atoms. The Morgan fingerprint density at radius 3 is 2.79 bits per heavy atom. The van der Waals surface area contributed by atoms with Crippen LogP contribution in [0.2, 0.25) is 0 Å². The molecule has 14 heavy (non-hydrogen) atoms. The van der Waals surface area contributed by atoms with Crippen molar-refractivity contribution in [2.24, 2.45) is 5.73 Å². The summed E-state index contributed by atoms with van der Waals surface area (Å²) in [7, 11) is 1.47. The van der Waals surface area contributed by atoms with Crippen LogP contribution in [0.4, 0.5) is 4.39 Å². The third-order valence-electron chi connectivity index (χ3n) is 1.94. The van der Waals surface area contributed by atoms with Gasteiger partial charge in [0, 0.05) is 4.47 Å². The smallest absolute Gasteiger partial charge is 0.166 e. The third-order valence-corrected chi connectivity index (χ3v) is 2.40. The molecule has 0 aromatic heterocycles. The fraction of sp³-hybridized carbons (Fsp3) is 0.400. The molecule has 0 amide bonds. The number of hydrogen-bond donors (Lipinski definition) is 1. The van der Waals surface area contributed by atoms with Gasteiger partial charge in [-0.25, -0.2) is 4.39 Å². The van der Waals surface area contributed by atoms with Gasteiger partial charge in [-0.2, -0.15) is 0 Å². The van der Waals surface area contributed by atoms with E-state index in [2.05, 4.69) is 15.9 Å². The Kier molecular flexibility index (Phi) is 4.35. The predicted molar refractivity (Wildman–Crippen MR) is 58.0 cm³/mol. The highest BCUT2D eigenvalue weighted by molar-refractivity contribution is 9.10. The van der Waals surface area contributed by atoms with Crippen molar-refractivity contribution in [3.05, 3.63) is 28.0 Å². The molecular weight excluding hydrogens is 249 g/mol. The molecule has 1 rings (SSSR count). The molecule has 0 unspecified atom stereocenters. The minimum Gasteiger partial charge on any atom is -0.493 e. The highest BCUT2D eigenvalue weighted by Gasteiger charge is 2.09. The molecule has 0 aliphatic heterocycles. The van der Waals surface area contributed by atoms with Crippen LogP contribution in [0.3, 0.4) is 0 Å². The van der Waals surface area contributed by atoms with E-state index in [9.17, 15) is 4.39 Å². The normalized spacial score (nSPS) is 10.3. The van der Waals surface area contributed by atoms with Gasteiger partial charge >= 0.3 is 0 Å². The zero-order chi connectivity index (χ0) is 10.6. The largest absolute Gasteiger partial charge is 0.493 e. The van der Waals surface area contributed by atoms with Crippen molar-refractivity contribution < 1.29 is 9.13 Å². The van der Waals surface area contributed by atoms with Crippen molar-refractivity contribution in [3.8, 4) is 5.75 Å². The topological polar surface area (TPSA) is 35.2 Å². The monoisotopic (exact) mass is 261 g/mol. The molecule has 2 nitrogen and oxygen atoms in total. The lowest BCUT2D eigenvalue weighted by atomic mass is 10.1. The van der Waals surface area contributed by atoms with Crippen molar-refractivity contribution in [3.63, 3.8) is 0 Å². The molecular formula is C10H13BrFNO. The van der Waals surface area contributed by atoms with E-state index >= 15 is 0 Å². The maximum atomic E-state index is 13.4. The van der Waals surface area contributed by atoms with Crippen LogP contribution < -0.4 is 10.5 Å². The van der Waals surface area contributed by atoms with Crippen molar-refractivity contribution >= 4 is 15.9 Å². The molecule has 1 aromatic rings. The summed E-state index contributed by atoms with van der Waals surface area (Å²) in [6, 6.07) is 3.25. The SMILES string of the molecule is COc1c(F)cc(Br)cc1CCCN. The van der Waals surface area contributed by atoms with Gasteiger partial charge in [0.15, 0.2) is 11.6 Å². The highest BCUT2D eigenvalue weighted by Crippen LogP contribution is 2.27. The van der Waals surface area contributed by atoms with Crippen LogP contribution in [0, 0.1) is 5.82 Å². The second kappa shape index (κ2) is 5.32. The number of aryl methyl sites for hydroxylation is 1. The maximum absolute atomic E-state index is 13.4. The molecule has 0 saturated heterocycles. The minimum absolute atomic E-state index is 0.321. The average molecular weight is 262 g/mol. The van der Waals surface area contributed by atoms with Crippen LogP contribution in [-0.4, -0.2) is 13.7 Å². The van der Waals surface area contributed by atoms with Gasteiger partial charge in [0.05, 0.1) is 7.11 Å². The lowest BCUT2D eigenvalue weighted by Gasteiger charge is -2.09. The molecule has 78 valence electrons. The number of hydrogen-bond acceptors (Lipinski definition) is 2. The van der Waals surface area contributed by atoms with Crippen molar-refractivity contribution in [1.82, 2.24) is 0 Å². The van der Waals surface area contributed by atoms with Crippen LogP contribution in [0.25, 0.3) is 0 Å². The molecule has 0 heterocycles. The minimum atomic E-state index is -0.339. The van der Waals surface area contributed by atoms with Gasteiger partial charge in [-0.15, -0.1) is 0 Å². The van der Waals surface area contributed by atoms with Crippen LogP contribution in [0.15, 0.2) is 16.6 Å². The van der Waals surface area contributed by atoms with Crippen molar-refractivity contribution in [2.45, 2.75) is 12.8 Å². The molecule has 0 fully saturated rings. The number of ether oxygens (including phenoxy) is 1. The Morgan fingerprint density at radius 1 is 1.50 bits per heavy atom. The van der Waals surface area contributed by atoms with E-state index in [1.54, 1.807) is 0 Å². The fourth-order valence-corrected chi connectivity index (χ4v) is 1.80. The summed E-state index contributed by atoms with van der Waals surface area (Å²) in [5.74, 6) is -0.0180. The molecule has 0 radical (unpaired) electrons. The molecule has 4 heteroatoms. The van der Waals surface area contributed by atoms with Gasteiger partial charge in [0.25, 0.3) is 0 Å². The van der Waals surface area contributed by atoms with Gasteiger partial charge in [-0.05, 0) is 37.1 Å². The van der Waals surface area contributed by atoms with Gasteiger partial charge in [0.2, 0.25) is 0 Å². The lowest BCUT2D eigenvalue weighted by Crippen LogP contribution is -2.02. The summed E-state index contributed by atoms with van der Waals surface area (Å²) in [6.45, 7) is 0.595. The summed E-state index contributed by atoms with van der Waals surface area (Å²) >= 11 is 3.24. The molecule has 1 aromatic carbocycles. The van der Waals surface area contributed by atoms with Gasteiger partial charge in [-0.1, -0.05) is 15.9 Å². The lowest BCUT2D eigenvalue weighted by molar-refractivity contribution is 0.381. The summed E-state index contributed by atoms with van der Waals surface area (Å²) in [4.78, 5) is 0. The molecule has 2 N–H and O–H groups in total. The Morgan fingerprint density at radius 2 is 2.21 bits per heavy atom. The Bertz CT molecular complexity index is 317. The van der Waals surface area contributed by atoms with Crippen molar-refractivity contribution in [1.29, 1.82) is 0 Å². The van der Waals surface area contributed by atoms with E-state index in [4.69, 9.17) is 10.5 Å². The van der Waals surface area contributed by atoms with E-state index in [1.165, 1.54) is 13.2 Å². The Balaban J connectivity index is 2.99. The first-order chi connectivity index (χ1) is 6.69. The van der Waals surface area contributed by atoms with Gasteiger partial charge in [-0.3, -0.25) is 0 Å². The second-order valence-corrected chi connectivity index (χ2v) is 3.89. The first-order valence-corrected chi connectivity index (χ1v) is 5.20. The molecule has 0 spiro atoms. The molecule has 0 saturated carbocycles. The highest BCUT2D eigenvalue weighted by atomic mass is 79.9. The fourth-order valence-electron chi connectivity index (χ4n) is 1.32. The van der Waals surface area contributed by atoms with Gasteiger partial charge < -0.3 is 10.5 Å². The van der Waals surface area contributed by atoms with Gasteiger partial charge in [0.1, 0.15) is 0 Å². The van der Waals surface area contributed by atoms with Crippen LogP contribution in [0.5, 0.6) is 5.75 Å². The van der Waals surface area contributed by atoms with Crippen LogP contribution in [0.1, 0.15) is 12.0 Å². The number of nitrogens with two attached hydrogens (primary N) is 1. The number of benzene rings is 1. The zero-order valence-corrected chi connectivity index (χ0v) is 9.60. The molecule has 0 aliphatic carbocycles. The van der Waals surface area contributed by atoms with E-state index in [0.29, 0.717) is 12.3 Å². The van der Waals surface area contributed by atoms with Crippen LogP contribution >= 0.6 is 15.9 Å². The maximum Gasteiger partial charge on any atom is 0.166 e. The second-order valence-electron chi connectivity index (χ2n) is 2.97. The number of methoxy groups -OCH3 is 1. The molecule has 0 aliphatic rings. The van der Waals surface area contributed by atoms with E-state index in [0.717, 1.165) is 22.9 Å².